The van der Waals surface area contributed by atoms with Gasteiger partial charge in [-0.3, -0.25) is 14.6 Å². The molecule has 3 saturated heterocycles. The van der Waals surface area contributed by atoms with Crippen molar-refractivity contribution in [1.82, 2.24) is 14.8 Å². The molecule has 4 atom stereocenters. The van der Waals surface area contributed by atoms with Gasteiger partial charge in [-0.05, 0) is 30.5 Å². The van der Waals surface area contributed by atoms with Crippen molar-refractivity contribution in [2.75, 3.05) is 26.2 Å². The van der Waals surface area contributed by atoms with E-state index in [4.69, 9.17) is 4.74 Å². The van der Waals surface area contributed by atoms with Crippen molar-refractivity contribution < 1.29 is 14.3 Å². The van der Waals surface area contributed by atoms with Crippen LogP contribution in [0.4, 0.5) is 0 Å². The van der Waals surface area contributed by atoms with Crippen LogP contribution in [0.15, 0.2) is 36.7 Å². The molecule has 3 fully saturated rings. The molecule has 4 aliphatic rings. The largest absolute Gasteiger partial charge is 0.360 e. The minimum atomic E-state index is -0.592. The third-order valence-corrected chi connectivity index (χ3v) is 6.05. The molecule has 1 aromatic rings. The van der Waals surface area contributed by atoms with Crippen LogP contribution in [-0.2, 0) is 20.7 Å². The van der Waals surface area contributed by atoms with Gasteiger partial charge in [0.15, 0.2) is 0 Å². The third-order valence-electron chi connectivity index (χ3n) is 6.05. The number of hydrogen-bond donors (Lipinski definition) is 0. The van der Waals surface area contributed by atoms with Gasteiger partial charge in [0.25, 0.3) is 0 Å². The molecule has 6 nitrogen and oxygen atoms in total. The third kappa shape index (κ3) is 2.16. The number of likely N-dealkylation sites (tertiary alicyclic amines) is 2. The van der Waals surface area contributed by atoms with Crippen LogP contribution >= 0.6 is 0 Å². The minimum Gasteiger partial charge on any atom is -0.360 e. The summed E-state index contributed by atoms with van der Waals surface area (Å²) in [6.07, 6.45) is 9.15. The Hall–Kier alpha value is -2.21. The first kappa shape index (κ1) is 15.1. The number of fused-ring (bicyclic) bond motifs is 1. The van der Waals surface area contributed by atoms with E-state index in [1.807, 2.05) is 34.1 Å². The van der Waals surface area contributed by atoms with E-state index >= 15 is 0 Å². The number of carbonyl (C=O) groups is 2. The normalized spacial score (nSPS) is 35.2. The van der Waals surface area contributed by atoms with Gasteiger partial charge >= 0.3 is 0 Å². The first-order valence-corrected chi connectivity index (χ1v) is 9.02. The lowest BCUT2D eigenvalue weighted by Gasteiger charge is -2.35. The van der Waals surface area contributed by atoms with Gasteiger partial charge in [-0.15, -0.1) is 0 Å². The molecule has 25 heavy (non-hydrogen) atoms. The van der Waals surface area contributed by atoms with Crippen molar-refractivity contribution in [2.45, 2.75) is 24.5 Å². The van der Waals surface area contributed by atoms with E-state index in [0.717, 1.165) is 31.5 Å². The number of rotatable bonds is 4. The van der Waals surface area contributed by atoms with Crippen LogP contribution in [-0.4, -0.2) is 64.5 Å². The van der Waals surface area contributed by atoms with Gasteiger partial charge in [0.05, 0.1) is 24.5 Å². The summed E-state index contributed by atoms with van der Waals surface area (Å²) in [5.41, 5.74) is 0.567. The fraction of sp³-hybridized carbons (Fsp3) is 0.526. The number of pyridine rings is 1. The maximum absolute atomic E-state index is 13.1. The molecule has 6 heteroatoms. The van der Waals surface area contributed by atoms with E-state index in [9.17, 15) is 9.59 Å². The summed E-state index contributed by atoms with van der Waals surface area (Å²) in [5, 5.41) is 0. The van der Waals surface area contributed by atoms with Gasteiger partial charge in [-0.25, -0.2) is 0 Å². The van der Waals surface area contributed by atoms with Crippen LogP contribution in [0.2, 0.25) is 0 Å². The Morgan fingerprint density at radius 1 is 1.32 bits per heavy atom. The predicted molar refractivity (Wildman–Crippen MR) is 89.4 cm³/mol. The molecule has 4 aliphatic heterocycles. The monoisotopic (exact) mass is 339 g/mol. The van der Waals surface area contributed by atoms with E-state index < -0.39 is 5.60 Å². The Morgan fingerprint density at radius 3 is 2.84 bits per heavy atom. The highest BCUT2D eigenvalue weighted by Crippen LogP contribution is 2.52. The van der Waals surface area contributed by atoms with Crippen molar-refractivity contribution in [3.05, 3.63) is 42.2 Å². The lowest BCUT2D eigenvalue weighted by atomic mass is 9.76. The number of ether oxygens (including phenoxy) is 1. The number of hydrogen-bond acceptors (Lipinski definition) is 4. The molecule has 5 rings (SSSR count). The van der Waals surface area contributed by atoms with Crippen molar-refractivity contribution in [3.8, 4) is 0 Å². The highest BCUT2D eigenvalue weighted by Gasteiger charge is 2.67. The molecule has 130 valence electrons. The van der Waals surface area contributed by atoms with Gasteiger partial charge < -0.3 is 14.5 Å². The summed E-state index contributed by atoms with van der Waals surface area (Å²) >= 11 is 0. The smallest absolute Gasteiger partial charge is 0.230 e. The Bertz CT molecular complexity index is 746. The predicted octanol–water partition coefficient (Wildman–Crippen LogP) is 0.638. The Kier molecular flexibility index (Phi) is 3.25. The lowest BCUT2D eigenvalue weighted by molar-refractivity contribution is -0.145. The molecule has 0 aliphatic carbocycles. The maximum atomic E-state index is 13.1. The molecule has 0 N–H and O–H groups in total. The lowest BCUT2D eigenvalue weighted by Crippen LogP contribution is -2.50. The first-order chi connectivity index (χ1) is 12.2. The highest BCUT2D eigenvalue weighted by molar-refractivity contribution is 5.93. The van der Waals surface area contributed by atoms with Crippen molar-refractivity contribution in [1.29, 1.82) is 0 Å². The minimum absolute atomic E-state index is 0.0692. The molecule has 2 bridgehead atoms. The summed E-state index contributed by atoms with van der Waals surface area (Å²) in [6.45, 7) is 2.82. The van der Waals surface area contributed by atoms with Crippen LogP contribution in [0.3, 0.4) is 0 Å². The van der Waals surface area contributed by atoms with Gasteiger partial charge in [-0.1, -0.05) is 12.2 Å². The Balaban J connectivity index is 1.35. The zero-order valence-electron chi connectivity index (χ0n) is 14.0. The topological polar surface area (TPSA) is 62.7 Å². The number of nitrogens with zero attached hydrogens (tertiary/aromatic N) is 3. The van der Waals surface area contributed by atoms with E-state index in [-0.39, 0.29) is 29.8 Å². The van der Waals surface area contributed by atoms with Crippen LogP contribution in [0.1, 0.15) is 12.0 Å². The fourth-order valence-electron chi connectivity index (χ4n) is 4.61. The molecule has 5 heterocycles. The van der Waals surface area contributed by atoms with E-state index in [1.165, 1.54) is 0 Å². The summed E-state index contributed by atoms with van der Waals surface area (Å²) in [7, 11) is 0. The second-order valence-corrected chi connectivity index (χ2v) is 7.44. The molecule has 1 spiro atoms. The quantitative estimate of drug-likeness (QED) is 0.755. The standard InChI is InChI=1S/C19H21N3O3/c23-17(21-9-1-10-21)15-14-2-6-19(25-14)12-22(18(24)16(15)19)11-5-13-3-7-20-8-4-13/h2-4,6-8,14-16H,1,5,9-12H2/t14-,15-,16+,19-/m0/s1. The SMILES string of the molecule is O=C([C@H]1[C@@H]2C=C[C@@]3(CN(CCc4ccncc4)C(=O)[C@@H]13)O2)N1CCC1. The number of aromatic nitrogens is 1. The highest BCUT2D eigenvalue weighted by atomic mass is 16.5. The van der Waals surface area contributed by atoms with E-state index in [2.05, 4.69) is 4.98 Å². The average molecular weight is 339 g/mol. The van der Waals surface area contributed by atoms with Gasteiger partial charge in [0.1, 0.15) is 5.60 Å². The van der Waals surface area contributed by atoms with Crippen LogP contribution in [0, 0.1) is 11.8 Å². The van der Waals surface area contributed by atoms with Crippen molar-refractivity contribution in [2.24, 2.45) is 11.8 Å². The Labute approximate surface area is 146 Å². The summed E-state index contributed by atoms with van der Waals surface area (Å²) < 4.78 is 6.16. The fourth-order valence-corrected chi connectivity index (χ4v) is 4.61. The van der Waals surface area contributed by atoms with Crippen molar-refractivity contribution in [3.63, 3.8) is 0 Å². The summed E-state index contributed by atoms with van der Waals surface area (Å²) in [4.78, 5) is 33.6. The summed E-state index contributed by atoms with van der Waals surface area (Å²) in [5.74, 6) is -0.534. The Morgan fingerprint density at radius 2 is 2.12 bits per heavy atom. The van der Waals surface area contributed by atoms with Crippen LogP contribution in [0.5, 0.6) is 0 Å². The molecule has 1 aromatic heterocycles. The van der Waals surface area contributed by atoms with Crippen molar-refractivity contribution >= 4 is 11.8 Å². The molecular formula is C19H21N3O3. The van der Waals surface area contributed by atoms with Gasteiger partial charge in [0.2, 0.25) is 11.8 Å². The second kappa shape index (κ2) is 5.39. The second-order valence-electron chi connectivity index (χ2n) is 7.44. The average Bonchev–Trinajstić information content (AvgIpc) is 3.21. The zero-order chi connectivity index (χ0) is 17.0. The van der Waals surface area contributed by atoms with Gasteiger partial charge in [0, 0.05) is 32.0 Å². The maximum Gasteiger partial charge on any atom is 0.230 e. The molecule has 2 amide bonds. The number of amides is 2. The molecule has 0 unspecified atom stereocenters. The summed E-state index contributed by atoms with van der Waals surface area (Å²) in [6, 6.07) is 3.94. The first-order valence-electron chi connectivity index (χ1n) is 9.02. The van der Waals surface area contributed by atoms with E-state index in [0.29, 0.717) is 13.1 Å². The number of carbonyl (C=O) groups excluding carboxylic acids is 2. The zero-order valence-corrected chi connectivity index (χ0v) is 14.0. The molecular weight excluding hydrogens is 318 g/mol. The van der Waals surface area contributed by atoms with Gasteiger partial charge in [-0.2, -0.15) is 0 Å². The molecule has 0 radical (unpaired) electrons. The van der Waals surface area contributed by atoms with Crippen LogP contribution < -0.4 is 0 Å². The van der Waals surface area contributed by atoms with E-state index in [1.54, 1.807) is 12.4 Å². The molecule has 0 saturated carbocycles. The van der Waals surface area contributed by atoms with Crippen LogP contribution in [0.25, 0.3) is 0 Å². The molecule has 0 aromatic carbocycles.